The standard InChI is InChI=1S/C32H39FN6O3S/c1-5-39(30-36-28(27(19-34)43-30)21-8-14-41-15-9-21)26-18-25(20-6-7-20)35-29-23(26)16-22(17-24(29)33)37-10-12-38(13-11-37)31(40)42-32(2,3)4/h16-18,20-21H,5-15H2,1-4H3. The quantitative estimate of drug-likeness (QED) is 0.306. The number of nitriles is 1. The number of rotatable bonds is 6. The molecule has 0 N–H and O–H groups in total. The number of nitrogens with zero attached hydrogens (tertiary/aromatic N) is 6. The Morgan fingerprint density at radius 3 is 2.47 bits per heavy atom. The maximum Gasteiger partial charge on any atom is 0.410 e. The average molecular weight is 607 g/mol. The molecule has 0 radical (unpaired) electrons. The Morgan fingerprint density at radius 2 is 1.84 bits per heavy atom. The summed E-state index contributed by atoms with van der Waals surface area (Å²) in [6.07, 6.45) is 3.48. The first kappa shape index (κ1) is 29.6. The van der Waals surface area contributed by atoms with Crippen LogP contribution in [0.5, 0.6) is 0 Å². The largest absolute Gasteiger partial charge is 0.444 e. The van der Waals surface area contributed by atoms with E-state index in [1.54, 1.807) is 11.0 Å². The molecule has 0 unspecified atom stereocenters. The van der Waals surface area contributed by atoms with Gasteiger partial charge in [0.05, 0.1) is 11.4 Å². The van der Waals surface area contributed by atoms with Crippen LogP contribution >= 0.6 is 11.3 Å². The molecule has 3 fully saturated rings. The minimum absolute atomic E-state index is 0.201. The van der Waals surface area contributed by atoms with Crippen molar-refractivity contribution in [3.63, 3.8) is 0 Å². The summed E-state index contributed by atoms with van der Waals surface area (Å²) in [5.41, 5.74) is 3.17. The number of anilines is 3. The molecular formula is C32H39FN6O3S. The lowest BCUT2D eigenvalue weighted by molar-refractivity contribution is 0.0240. The van der Waals surface area contributed by atoms with Gasteiger partial charge in [-0.25, -0.2) is 19.2 Å². The fraction of sp³-hybridized carbons (Fsp3) is 0.562. The van der Waals surface area contributed by atoms with Crippen molar-refractivity contribution in [1.29, 1.82) is 5.26 Å². The zero-order valence-corrected chi connectivity index (χ0v) is 26.2. The van der Waals surface area contributed by atoms with Crippen LogP contribution in [0.3, 0.4) is 0 Å². The van der Waals surface area contributed by atoms with Gasteiger partial charge in [-0.3, -0.25) is 0 Å². The first-order chi connectivity index (χ1) is 20.6. The summed E-state index contributed by atoms with van der Waals surface area (Å²) in [7, 11) is 0. The lowest BCUT2D eigenvalue weighted by atomic mass is 9.96. The average Bonchev–Trinajstić information content (AvgIpc) is 3.76. The van der Waals surface area contributed by atoms with Crippen molar-refractivity contribution in [2.75, 3.05) is 55.7 Å². The SMILES string of the molecule is CCN(c1nc(C2CCOCC2)c(C#N)s1)c1cc(C2CC2)nc2c(F)cc(N3CCN(C(=O)OC(C)(C)C)CC3)cc12. The Balaban J connectivity index is 1.35. The normalized spacial score (nSPS) is 18.1. The molecule has 4 heterocycles. The smallest absolute Gasteiger partial charge is 0.410 e. The van der Waals surface area contributed by atoms with Crippen LogP contribution in [-0.4, -0.2) is 72.5 Å². The lowest BCUT2D eigenvalue weighted by Crippen LogP contribution is -2.50. The van der Waals surface area contributed by atoms with Crippen LogP contribution in [0.25, 0.3) is 10.9 Å². The molecule has 1 amide bonds. The van der Waals surface area contributed by atoms with E-state index in [0.717, 1.165) is 59.0 Å². The monoisotopic (exact) mass is 606 g/mol. The van der Waals surface area contributed by atoms with E-state index in [1.165, 1.54) is 11.3 Å². The van der Waals surface area contributed by atoms with E-state index in [9.17, 15) is 10.1 Å². The van der Waals surface area contributed by atoms with E-state index in [-0.39, 0.29) is 17.8 Å². The molecule has 9 nitrogen and oxygen atoms in total. The second kappa shape index (κ2) is 11.9. The van der Waals surface area contributed by atoms with Gasteiger partial charge in [-0.2, -0.15) is 5.26 Å². The van der Waals surface area contributed by atoms with Gasteiger partial charge in [0, 0.05) is 74.5 Å². The summed E-state index contributed by atoms with van der Waals surface area (Å²) in [5, 5.41) is 11.4. The highest BCUT2D eigenvalue weighted by Gasteiger charge is 2.31. The van der Waals surface area contributed by atoms with Crippen LogP contribution in [-0.2, 0) is 9.47 Å². The number of hydrogen-bond acceptors (Lipinski definition) is 9. The van der Waals surface area contributed by atoms with Gasteiger partial charge in [-0.1, -0.05) is 11.3 Å². The number of piperazine rings is 1. The van der Waals surface area contributed by atoms with Crippen LogP contribution in [0.1, 0.15) is 81.5 Å². The number of pyridine rings is 1. The highest BCUT2D eigenvalue weighted by Crippen LogP contribution is 2.45. The first-order valence-corrected chi connectivity index (χ1v) is 16.1. The topological polar surface area (TPSA) is 94.8 Å². The molecule has 43 heavy (non-hydrogen) atoms. The van der Waals surface area contributed by atoms with Crippen molar-refractivity contribution in [2.45, 2.75) is 70.8 Å². The van der Waals surface area contributed by atoms with Gasteiger partial charge in [0.2, 0.25) is 0 Å². The van der Waals surface area contributed by atoms with Crippen molar-refractivity contribution in [1.82, 2.24) is 14.9 Å². The van der Waals surface area contributed by atoms with Crippen LogP contribution in [0.4, 0.5) is 25.7 Å². The molecule has 6 rings (SSSR count). The molecule has 11 heteroatoms. The molecule has 0 spiro atoms. The van der Waals surface area contributed by atoms with E-state index < -0.39 is 5.60 Å². The minimum Gasteiger partial charge on any atom is -0.444 e. The van der Waals surface area contributed by atoms with Crippen molar-refractivity contribution >= 4 is 44.8 Å². The Morgan fingerprint density at radius 1 is 1.12 bits per heavy atom. The third-order valence-corrected chi connectivity index (χ3v) is 9.33. The minimum atomic E-state index is -0.555. The van der Waals surface area contributed by atoms with Crippen molar-refractivity contribution in [2.24, 2.45) is 0 Å². The second-order valence-corrected chi connectivity index (χ2v) is 13.5. The van der Waals surface area contributed by atoms with Gasteiger partial charge in [0.25, 0.3) is 0 Å². The molecule has 2 saturated heterocycles. The Bertz CT molecular complexity index is 1550. The molecule has 0 bridgehead atoms. The Hall–Kier alpha value is -3.49. The summed E-state index contributed by atoms with van der Waals surface area (Å²) in [6, 6.07) is 8.05. The number of carbonyl (C=O) groups is 1. The van der Waals surface area contributed by atoms with Gasteiger partial charge < -0.3 is 24.2 Å². The van der Waals surface area contributed by atoms with Crippen molar-refractivity contribution in [3.8, 4) is 6.07 Å². The number of ether oxygens (including phenoxy) is 2. The number of fused-ring (bicyclic) bond motifs is 1. The summed E-state index contributed by atoms with van der Waals surface area (Å²) >= 11 is 1.40. The molecule has 228 valence electrons. The highest BCUT2D eigenvalue weighted by molar-refractivity contribution is 7.16. The van der Waals surface area contributed by atoms with E-state index >= 15 is 4.39 Å². The van der Waals surface area contributed by atoms with Gasteiger partial charge in [0.15, 0.2) is 10.9 Å². The molecule has 2 aliphatic heterocycles. The number of halogens is 1. The third-order valence-electron chi connectivity index (χ3n) is 8.33. The number of hydrogen-bond donors (Lipinski definition) is 0. The number of benzene rings is 1. The zero-order chi connectivity index (χ0) is 30.3. The predicted octanol–water partition coefficient (Wildman–Crippen LogP) is 6.69. The third kappa shape index (κ3) is 6.27. The fourth-order valence-electron chi connectivity index (χ4n) is 5.91. The fourth-order valence-corrected chi connectivity index (χ4v) is 6.94. The molecule has 3 aliphatic rings. The van der Waals surface area contributed by atoms with E-state index in [4.69, 9.17) is 19.4 Å². The van der Waals surface area contributed by atoms with Gasteiger partial charge in [-0.15, -0.1) is 0 Å². The van der Waals surface area contributed by atoms with Gasteiger partial charge in [-0.05, 0) is 71.6 Å². The molecule has 1 aromatic carbocycles. The van der Waals surface area contributed by atoms with Gasteiger partial charge in [0.1, 0.15) is 22.1 Å². The Kier molecular flexibility index (Phi) is 8.18. The first-order valence-electron chi connectivity index (χ1n) is 15.3. The number of amides is 1. The van der Waals surface area contributed by atoms with E-state index in [0.29, 0.717) is 62.2 Å². The molecule has 0 atom stereocenters. The van der Waals surface area contributed by atoms with Crippen LogP contribution in [0, 0.1) is 17.1 Å². The maximum absolute atomic E-state index is 15.9. The zero-order valence-electron chi connectivity index (χ0n) is 25.4. The van der Waals surface area contributed by atoms with Crippen molar-refractivity contribution in [3.05, 3.63) is 40.3 Å². The van der Waals surface area contributed by atoms with Crippen molar-refractivity contribution < 1.29 is 18.7 Å². The van der Waals surface area contributed by atoms with E-state index in [2.05, 4.69) is 28.9 Å². The predicted molar refractivity (Wildman–Crippen MR) is 166 cm³/mol. The summed E-state index contributed by atoms with van der Waals surface area (Å²) in [5.74, 6) is 0.180. The highest BCUT2D eigenvalue weighted by atomic mass is 32.1. The van der Waals surface area contributed by atoms with Crippen LogP contribution < -0.4 is 9.80 Å². The molecular weight excluding hydrogens is 567 g/mol. The number of thiazole rings is 1. The summed E-state index contributed by atoms with van der Waals surface area (Å²) in [4.78, 5) is 29.0. The summed E-state index contributed by atoms with van der Waals surface area (Å²) < 4.78 is 27.0. The van der Waals surface area contributed by atoms with Crippen LogP contribution in [0.15, 0.2) is 18.2 Å². The molecule has 2 aromatic heterocycles. The lowest BCUT2D eigenvalue weighted by Gasteiger charge is -2.37. The van der Waals surface area contributed by atoms with Gasteiger partial charge >= 0.3 is 6.09 Å². The summed E-state index contributed by atoms with van der Waals surface area (Å²) in [6.45, 7) is 11.7. The number of carbonyl (C=O) groups excluding carboxylic acids is 1. The number of aromatic nitrogens is 2. The molecule has 1 aliphatic carbocycles. The van der Waals surface area contributed by atoms with Crippen LogP contribution in [0.2, 0.25) is 0 Å². The maximum atomic E-state index is 15.9. The second-order valence-electron chi connectivity index (χ2n) is 12.6. The molecule has 3 aromatic rings. The molecule has 1 saturated carbocycles. The Labute approximate surface area is 256 Å². The van der Waals surface area contributed by atoms with E-state index in [1.807, 2.05) is 26.8 Å².